The molecule has 0 aliphatic carbocycles. The molecule has 21 heavy (non-hydrogen) atoms. The summed E-state index contributed by atoms with van der Waals surface area (Å²) in [6, 6.07) is 4.60. The number of nitrogens with zero attached hydrogens (tertiary/aromatic N) is 4. The molecule has 1 aromatic heterocycles. The number of anilines is 1. The average Bonchev–Trinajstić information content (AvgIpc) is 2.53. The molecular formula is C13H15N5O3. The Morgan fingerprint density at radius 1 is 1.48 bits per heavy atom. The molecule has 1 saturated heterocycles. The molecule has 1 fully saturated rings. The SMILES string of the molecule is NCC1CN(c2ncnc3ccc([N+](=O)[O-])cc23)CCO1. The molecule has 2 aromatic rings. The van der Waals surface area contributed by atoms with E-state index in [1.165, 1.54) is 18.5 Å². The number of non-ortho nitro benzene ring substituents is 1. The lowest BCUT2D eigenvalue weighted by Crippen LogP contribution is -2.46. The van der Waals surface area contributed by atoms with Crippen molar-refractivity contribution < 1.29 is 9.66 Å². The van der Waals surface area contributed by atoms with Crippen LogP contribution < -0.4 is 10.6 Å². The summed E-state index contributed by atoms with van der Waals surface area (Å²) in [4.78, 5) is 21.0. The maximum absolute atomic E-state index is 10.9. The number of hydrogen-bond donors (Lipinski definition) is 1. The van der Waals surface area contributed by atoms with Gasteiger partial charge >= 0.3 is 0 Å². The number of nitro benzene ring substituents is 1. The summed E-state index contributed by atoms with van der Waals surface area (Å²) in [5, 5.41) is 11.6. The van der Waals surface area contributed by atoms with Crippen LogP contribution in [0.1, 0.15) is 0 Å². The number of aromatic nitrogens is 2. The van der Waals surface area contributed by atoms with Gasteiger partial charge in [-0.2, -0.15) is 0 Å². The number of fused-ring (bicyclic) bond motifs is 1. The third-order valence-corrected chi connectivity index (χ3v) is 3.51. The van der Waals surface area contributed by atoms with Crippen LogP contribution in [0.15, 0.2) is 24.5 Å². The fraction of sp³-hybridized carbons (Fsp3) is 0.385. The van der Waals surface area contributed by atoms with Crippen LogP contribution >= 0.6 is 0 Å². The quantitative estimate of drug-likeness (QED) is 0.654. The van der Waals surface area contributed by atoms with E-state index < -0.39 is 4.92 Å². The number of nitro groups is 1. The van der Waals surface area contributed by atoms with Crippen LogP contribution in [-0.4, -0.2) is 47.2 Å². The van der Waals surface area contributed by atoms with Crippen LogP contribution in [0.4, 0.5) is 11.5 Å². The molecule has 1 aromatic carbocycles. The van der Waals surface area contributed by atoms with Gasteiger partial charge in [-0.1, -0.05) is 0 Å². The number of nitrogens with two attached hydrogens (primary N) is 1. The molecule has 1 unspecified atom stereocenters. The van der Waals surface area contributed by atoms with E-state index in [0.717, 1.165) is 0 Å². The summed E-state index contributed by atoms with van der Waals surface area (Å²) in [5.41, 5.74) is 6.36. The summed E-state index contributed by atoms with van der Waals surface area (Å²) in [6.45, 7) is 2.28. The van der Waals surface area contributed by atoms with Crippen molar-refractivity contribution in [2.75, 3.05) is 31.1 Å². The highest BCUT2D eigenvalue weighted by Gasteiger charge is 2.22. The highest BCUT2D eigenvalue weighted by atomic mass is 16.6. The van der Waals surface area contributed by atoms with E-state index in [9.17, 15) is 10.1 Å². The molecule has 0 amide bonds. The lowest BCUT2D eigenvalue weighted by atomic mass is 10.2. The van der Waals surface area contributed by atoms with Gasteiger partial charge in [-0.3, -0.25) is 10.1 Å². The Balaban J connectivity index is 2.04. The Morgan fingerprint density at radius 3 is 3.10 bits per heavy atom. The topological polar surface area (TPSA) is 107 Å². The molecule has 8 heteroatoms. The molecule has 0 radical (unpaired) electrons. The molecule has 3 rings (SSSR count). The second-order valence-electron chi connectivity index (χ2n) is 4.83. The highest BCUT2D eigenvalue weighted by molar-refractivity contribution is 5.91. The Labute approximate surface area is 120 Å². The third kappa shape index (κ3) is 2.63. The molecule has 1 aliphatic heterocycles. The van der Waals surface area contributed by atoms with Crippen molar-refractivity contribution in [2.24, 2.45) is 5.73 Å². The minimum atomic E-state index is -0.418. The molecule has 8 nitrogen and oxygen atoms in total. The van der Waals surface area contributed by atoms with Gasteiger partial charge in [0, 0.05) is 37.2 Å². The van der Waals surface area contributed by atoms with Gasteiger partial charge in [0.2, 0.25) is 0 Å². The number of benzene rings is 1. The summed E-state index contributed by atoms with van der Waals surface area (Å²) >= 11 is 0. The minimum Gasteiger partial charge on any atom is -0.373 e. The molecular weight excluding hydrogens is 274 g/mol. The van der Waals surface area contributed by atoms with Gasteiger partial charge < -0.3 is 15.4 Å². The molecule has 110 valence electrons. The molecule has 1 atom stereocenters. The fourth-order valence-electron chi connectivity index (χ4n) is 2.45. The van der Waals surface area contributed by atoms with E-state index in [1.54, 1.807) is 6.07 Å². The van der Waals surface area contributed by atoms with E-state index in [4.69, 9.17) is 10.5 Å². The van der Waals surface area contributed by atoms with Crippen molar-refractivity contribution in [2.45, 2.75) is 6.10 Å². The van der Waals surface area contributed by atoms with Crippen LogP contribution in [0, 0.1) is 10.1 Å². The predicted octanol–water partition coefficient (Wildman–Crippen LogP) is 0.702. The molecule has 1 aliphatic rings. The summed E-state index contributed by atoms with van der Waals surface area (Å²) < 4.78 is 5.53. The van der Waals surface area contributed by atoms with Gasteiger partial charge in [0.1, 0.15) is 12.1 Å². The van der Waals surface area contributed by atoms with Crippen molar-refractivity contribution in [3.05, 3.63) is 34.6 Å². The number of rotatable bonds is 3. The van der Waals surface area contributed by atoms with Crippen LogP contribution in [0.25, 0.3) is 10.9 Å². The van der Waals surface area contributed by atoms with Gasteiger partial charge in [0.25, 0.3) is 5.69 Å². The largest absolute Gasteiger partial charge is 0.373 e. The Morgan fingerprint density at radius 2 is 2.33 bits per heavy atom. The van der Waals surface area contributed by atoms with Gasteiger partial charge in [-0.05, 0) is 6.07 Å². The number of morpholine rings is 1. The van der Waals surface area contributed by atoms with Gasteiger partial charge in [-0.15, -0.1) is 0 Å². The first kappa shape index (κ1) is 13.7. The lowest BCUT2D eigenvalue weighted by molar-refractivity contribution is -0.384. The minimum absolute atomic E-state index is 0.0298. The van der Waals surface area contributed by atoms with E-state index >= 15 is 0 Å². The summed E-state index contributed by atoms with van der Waals surface area (Å²) in [6.07, 6.45) is 1.42. The molecule has 0 bridgehead atoms. The zero-order valence-electron chi connectivity index (χ0n) is 11.3. The second-order valence-corrected chi connectivity index (χ2v) is 4.83. The first-order chi connectivity index (χ1) is 10.2. The zero-order chi connectivity index (χ0) is 14.8. The van der Waals surface area contributed by atoms with Crippen LogP contribution in [0.5, 0.6) is 0 Å². The maximum Gasteiger partial charge on any atom is 0.270 e. The van der Waals surface area contributed by atoms with Crippen LogP contribution in [-0.2, 0) is 4.74 Å². The van der Waals surface area contributed by atoms with Gasteiger partial charge in [-0.25, -0.2) is 9.97 Å². The Bertz CT molecular complexity index is 678. The molecule has 0 saturated carbocycles. The zero-order valence-corrected chi connectivity index (χ0v) is 11.3. The Hall–Kier alpha value is -2.32. The maximum atomic E-state index is 10.9. The normalized spacial score (nSPS) is 18.9. The third-order valence-electron chi connectivity index (χ3n) is 3.51. The second kappa shape index (κ2) is 5.58. The molecule has 0 spiro atoms. The summed E-state index contributed by atoms with van der Waals surface area (Å²) in [7, 11) is 0. The fourth-order valence-corrected chi connectivity index (χ4v) is 2.45. The standard InChI is InChI=1S/C13H15N5O3/c14-6-10-7-17(3-4-21-10)13-11-5-9(18(19)20)1-2-12(11)15-8-16-13/h1-2,5,8,10H,3-4,6-7,14H2. The van der Waals surface area contributed by atoms with Gasteiger partial charge in [0.05, 0.1) is 23.2 Å². The first-order valence-corrected chi connectivity index (χ1v) is 6.65. The van der Waals surface area contributed by atoms with E-state index in [0.29, 0.717) is 43.0 Å². The average molecular weight is 289 g/mol. The highest BCUT2D eigenvalue weighted by Crippen LogP contribution is 2.27. The lowest BCUT2D eigenvalue weighted by Gasteiger charge is -2.33. The molecule has 2 N–H and O–H groups in total. The van der Waals surface area contributed by atoms with Crippen molar-refractivity contribution in [1.82, 2.24) is 9.97 Å². The van der Waals surface area contributed by atoms with E-state index in [-0.39, 0.29) is 11.8 Å². The van der Waals surface area contributed by atoms with Gasteiger partial charge in [0.15, 0.2) is 0 Å². The predicted molar refractivity (Wildman–Crippen MR) is 77.2 cm³/mol. The summed E-state index contributed by atoms with van der Waals surface area (Å²) in [5.74, 6) is 0.686. The van der Waals surface area contributed by atoms with Crippen molar-refractivity contribution in [3.63, 3.8) is 0 Å². The van der Waals surface area contributed by atoms with Crippen molar-refractivity contribution in [1.29, 1.82) is 0 Å². The van der Waals surface area contributed by atoms with Crippen molar-refractivity contribution >= 4 is 22.4 Å². The number of hydrogen-bond acceptors (Lipinski definition) is 7. The number of ether oxygens (including phenoxy) is 1. The van der Waals surface area contributed by atoms with Crippen LogP contribution in [0.2, 0.25) is 0 Å². The molecule has 2 heterocycles. The smallest absolute Gasteiger partial charge is 0.270 e. The van der Waals surface area contributed by atoms with E-state index in [1.807, 2.05) is 4.90 Å². The van der Waals surface area contributed by atoms with Crippen molar-refractivity contribution in [3.8, 4) is 0 Å². The Kier molecular flexibility index (Phi) is 3.63. The van der Waals surface area contributed by atoms with Crippen LogP contribution in [0.3, 0.4) is 0 Å². The van der Waals surface area contributed by atoms with E-state index in [2.05, 4.69) is 9.97 Å². The first-order valence-electron chi connectivity index (χ1n) is 6.65. The monoisotopic (exact) mass is 289 g/mol.